The number of anilines is 3. The molecule has 0 unspecified atom stereocenters. The highest BCUT2D eigenvalue weighted by Gasteiger charge is 2.24. The molecule has 1 aliphatic rings. The van der Waals surface area contributed by atoms with Gasteiger partial charge in [-0.1, -0.05) is 23.3 Å². The largest absolute Gasteiger partial charge is 0.481 e. The lowest BCUT2D eigenvalue weighted by atomic mass is 9.77. The van der Waals surface area contributed by atoms with E-state index in [1.54, 1.807) is 18.3 Å². The Kier molecular flexibility index (Phi) is 6.21. The maximum Gasteiger partial charge on any atom is 0.321 e. The van der Waals surface area contributed by atoms with E-state index in [1.807, 2.05) is 30.3 Å². The Bertz CT molecular complexity index is 1030. The van der Waals surface area contributed by atoms with Gasteiger partial charge in [-0.05, 0) is 67.3 Å². The summed E-state index contributed by atoms with van der Waals surface area (Å²) < 4.78 is 5.35. The average Bonchev–Trinajstić information content (AvgIpc) is 3.24. The van der Waals surface area contributed by atoms with Crippen LogP contribution >= 0.6 is 0 Å². The number of nitrogens with one attached hydrogen (secondary N) is 2. The first-order chi connectivity index (χ1) is 15.1. The first-order valence-electron chi connectivity index (χ1n) is 10.2. The van der Waals surface area contributed by atoms with Crippen LogP contribution in [0.15, 0.2) is 53.1 Å². The Morgan fingerprint density at radius 1 is 1.03 bits per heavy atom. The molecule has 31 heavy (non-hydrogen) atoms. The van der Waals surface area contributed by atoms with Crippen LogP contribution in [0.2, 0.25) is 0 Å². The summed E-state index contributed by atoms with van der Waals surface area (Å²) in [5, 5.41) is 22.1. The standard InChI is InChI=1S/C22H23N5O4/c28-19(29)13-14-4-6-15(7-5-14)16-8-10-17(11-9-16)24-20(30)21-26-27-22(31-21)25-18-3-1-2-12-23-18/h1-3,8-12,14-15H,4-7,13H2,(H,24,30)(H,28,29)(H,23,25,27)/t14-,15-. The summed E-state index contributed by atoms with van der Waals surface area (Å²) in [5.41, 5.74) is 1.83. The van der Waals surface area contributed by atoms with Crippen molar-refractivity contribution >= 4 is 29.4 Å². The summed E-state index contributed by atoms with van der Waals surface area (Å²) >= 11 is 0. The smallest absolute Gasteiger partial charge is 0.321 e. The van der Waals surface area contributed by atoms with E-state index in [2.05, 4.69) is 25.8 Å². The number of pyridine rings is 1. The summed E-state index contributed by atoms with van der Waals surface area (Å²) in [7, 11) is 0. The third kappa shape index (κ3) is 5.44. The Morgan fingerprint density at radius 3 is 2.48 bits per heavy atom. The molecule has 0 bridgehead atoms. The van der Waals surface area contributed by atoms with E-state index in [1.165, 1.54) is 5.56 Å². The predicted octanol–water partition coefficient (Wildman–Crippen LogP) is 4.21. The molecular formula is C22H23N5O4. The summed E-state index contributed by atoms with van der Waals surface area (Å²) in [5.74, 6) is -0.136. The van der Waals surface area contributed by atoms with Crippen LogP contribution in [0.5, 0.6) is 0 Å². The van der Waals surface area contributed by atoms with Gasteiger partial charge in [-0.2, -0.15) is 0 Å². The SMILES string of the molecule is O=C(O)C[C@H]1CC[C@H](c2ccc(NC(=O)c3nnc(Nc4ccccn4)o3)cc2)CC1. The van der Waals surface area contributed by atoms with Gasteiger partial charge in [0, 0.05) is 18.3 Å². The molecule has 1 saturated carbocycles. The molecule has 2 heterocycles. The first kappa shape index (κ1) is 20.5. The van der Waals surface area contributed by atoms with Gasteiger partial charge >= 0.3 is 23.8 Å². The molecule has 0 radical (unpaired) electrons. The van der Waals surface area contributed by atoms with Gasteiger partial charge in [0.05, 0.1) is 0 Å². The molecule has 9 nitrogen and oxygen atoms in total. The topological polar surface area (TPSA) is 130 Å². The lowest BCUT2D eigenvalue weighted by Crippen LogP contribution is -2.16. The van der Waals surface area contributed by atoms with Crippen molar-refractivity contribution in [2.75, 3.05) is 10.6 Å². The number of aliphatic carboxylic acids is 1. The molecule has 1 amide bonds. The van der Waals surface area contributed by atoms with Crippen LogP contribution in [0.1, 0.15) is 54.3 Å². The molecule has 1 fully saturated rings. The molecular weight excluding hydrogens is 398 g/mol. The number of carbonyl (C=O) groups excluding carboxylic acids is 1. The maximum atomic E-state index is 12.4. The number of hydrogen-bond donors (Lipinski definition) is 3. The quantitative estimate of drug-likeness (QED) is 0.517. The Balaban J connectivity index is 1.31. The number of amides is 1. The van der Waals surface area contributed by atoms with E-state index in [4.69, 9.17) is 9.52 Å². The lowest BCUT2D eigenvalue weighted by Gasteiger charge is -2.28. The number of benzene rings is 1. The number of aromatic nitrogens is 3. The van der Waals surface area contributed by atoms with E-state index in [9.17, 15) is 9.59 Å². The van der Waals surface area contributed by atoms with E-state index >= 15 is 0 Å². The second-order valence-corrected chi connectivity index (χ2v) is 7.64. The minimum Gasteiger partial charge on any atom is -0.481 e. The summed E-state index contributed by atoms with van der Waals surface area (Å²) in [6.07, 6.45) is 5.71. The molecule has 1 aromatic carbocycles. The van der Waals surface area contributed by atoms with Crippen LogP contribution in [0.4, 0.5) is 17.5 Å². The molecule has 3 aromatic rings. The predicted molar refractivity (Wildman–Crippen MR) is 113 cm³/mol. The molecule has 9 heteroatoms. The zero-order valence-electron chi connectivity index (χ0n) is 16.8. The van der Waals surface area contributed by atoms with Crippen LogP contribution in [0, 0.1) is 5.92 Å². The molecule has 4 rings (SSSR count). The second-order valence-electron chi connectivity index (χ2n) is 7.64. The van der Waals surface area contributed by atoms with Crippen LogP contribution < -0.4 is 10.6 Å². The molecule has 1 aliphatic carbocycles. The minimum absolute atomic E-state index is 0.0812. The highest BCUT2D eigenvalue weighted by atomic mass is 16.4. The number of carboxylic acid groups (broad SMARTS) is 1. The first-order valence-corrected chi connectivity index (χ1v) is 10.2. The van der Waals surface area contributed by atoms with Gasteiger partial charge in [0.2, 0.25) is 0 Å². The van der Waals surface area contributed by atoms with E-state index in [-0.39, 0.29) is 24.2 Å². The summed E-state index contributed by atoms with van der Waals surface area (Å²) in [6, 6.07) is 13.1. The van der Waals surface area contributed by atoms with Crippen LogP contribution in [0.25, 0.3) is 0 Å². The van der Waals surface area contributed by atoms with Crippen molar-refractivity contribution in [1.82, 2.24) is 15.2 Å². The van der Waals surface area contributed by atoms with Crippen molar-refractivity contribution in [3.8, 4) is 0 Å². The third-order valence-electron chi connectivity index (χ3n) is 5.47. The number of carboxylic acids is 1. The third-order valence-corrected chi connectivity index (χ3v) is 5.47. The summed E-state index contributed by atoms with van der Waals surface area (Å²) in [4.78, 5) is 27.4. The van der Waals surface area contributed by atoms with Crippen molar-refractivity contribution in [2.45, 2.75) is 38.0 Å². The van der Waals surface area contributed by atoms with Crippen molar-refractivity contribution in [3.63, 3.8) is 0 Å². The summed E-state index contributed by atoms with van der Waals surface area (Å²) in [6.45, 7) is 0. The van der Waals surface area contributed by atoms with Crippen molar-refractivity contribution < 1.29 is 19.1 Å². The zero-order valence-corrected chi connectivity index (χ0v) is 16.8. The number of nitrogens with zero attached hydrogens (tertiary/aromatic N) is 3. The Morgan fingerprint density at radius 2 is 1.81 bits per heavy atom. The van der Waals surface area contributed by atoms with Crippen LogP contribution in [0.3, 0.4) is 0 Å². The second kappa shape index (κ2) is 9.38. The van der Waals surface area contributed by atoms with Gasteiger partial charge in [0.15, 0.2) is 0 Å². The van der Waals surface area contributed by atoms with E-state index < -0.39 is 11.9 Å². The maximum absolute atomic E-state index is 12.4. The number of hydrogen-bond acceptors (Lipinski definition) is 7. The number of carbonyl (C=O) groups is 2. The molecule has 3 N–H and O–H groups in total. The molecule has 0 aliphatic heterocycles. The van der Waals surface area contributed by atoms with E-state index in [0.717, 1.165) is 25.7 Å². The van der Waals surface area contributed by atoms with Gasteiger partial charge in [-0.25, -0.2) is 4.98 Å². The van der Waals surface area contributed by atoms with Crippen LogP contribution in [-0.4, -0.2) is 32.2 Å². The highest BCUT2D eigenvalue weighted by Crippen LogP contribution is 2.37. The van der Waals surface area contributed by atoms with Gasteiger partial charge in [-0.15, -0.1) is 5.10 Å². The fraction of sp³-hybridized carbons (Fsp3) is 0.318. The molecule has 0 spiro atoms. The highest BCUT2D eigenvalue weighted by molar-refractivity contribution is 6.00. The minimum atomic E-state index is -0.718. The van der Waals surface area contributed by atoms with Gasteiger partial charge in [-0.3, -0.25) is 14.9 Å². The fourth-order valence-corrected chi connectivity index (χ4v) is 3.88. The Labute approximate surface area is 178 Å². The van der Waals surface area contributed by atoms with Crippen molar-refractivity contribution in [3.05, 3.63) is 60.1 Å². The van der Waals surface area contributed by atoms with Gasteiger partial charge in [0.1, 0.15) is 5.82 Å². The van der Waals surface area contributed by atoms with Gasteiger partial charge in [0.25, 0.3) is 0 Å². The molecule has 2 aromatic heterocycles. The number of rotatable bonds is 7. The van der Waals surface area contributed by atoms with Crippen molar-refractivity contribution in [2.24, 2.45) is 5.92 Å². The Hall–Kier alpha value is -3.75. The fourth-order valence-electron chi connectivity index (χ4n) is 3.88. The molecule has 0 saturated heterocycles. The molecule has 0 atom stereocenters. The lowest BCUT2D eigenvalue weighted by molar-refractivity contribution is -0.138. The normalized spacial score (nSPS) is 18.3. The molecule has 160 valence electrons. The van der Waals surface area contributed by atoms with Crippen molar-refractivity contribution in [1.29, 1.82) is 0 Å². The van der Waals surface area contributed by atoms with E-state index in [0.29, 0.717) is 17.4 Å². The van der Waals surface area contributed by atoms with Gasteiger partial charge < -0.3 is 14.8 Å². The van der Waals surface area contributed by atoms with Crippen LogP contribution in [-0.2, 0) is 4.79 Å². The monoisotopic (exact) mass is 421 g/mol. The zero-order chi connectivity index (χ0) is 21.6. The average molecular weight is 421 g/mol.